The van der Waals surface area contributed by atoms with Gasteiger partial charge >= 0.3 is 12.0 Å². The molecule has 5 rings (SSSR count). The number of nitrogens with two attached hydrogens (primary N) is 5. The lowest BCUT2D eigenvalue weighted by Crippen LogP contribution is -2.60. The Morgan fingerprint density at radius 3 is 1.72 bits per heavy atom. The summed E-state index contributed by atoms with van der Waals surface area (Å²) in [7, 11) is 0. The van der Waals surface area contributed by atoms with Gasteiger partial charge in [0, 0.05) is 39.1 Å². The van der Waals surface area contributed by atoms with E-state index >= 15 is 0 Å². The van der Waals surface area contributed by atoms with Crippen LogP contribution < -0.4 is 50.2 Å². The van der Waals surface area contributed by atoms with Crippen molar-refractivity contribution in [2.24, 2.45) is 44.6 Å². The number of urea groups is 1. The largest absolute Gasteiger partial charge is 0.481 e. The highest BCUT2D eigenvalue weighted by molar-refractivity contribution is 5.96. The zero-order chi connectivity index (χ0) is 55.3. The average molecular weight is 1060 g/mol. The standard InChI is InChI=1S/C49H72N16O11/c50-34(17-8-22-56-48(53)54)43(71)63-25-11-20-38(63)45(73)62-24-9-18-36(62)41(69)57-27-39(67)59-65(29-32-14-5-2-6-15-32)49(76)58-35(30-66)44(72)61-23-10-19-37(61)42(70)60-64(28-31-12-3-1-4-13-31)40(68)26-33(46(74)75)16-7-21-55-47(51)52/h1-6,12-15,33-38,66H,7-11,16-30,50H2,(H,57,69)(H,58,76)(H,59,67)(H,60,70)(H,74,75)(H4,51,52,55)(H4,53,54,56)/t33-,34+,35-,36+,37+,38+/m0/s1. The molecule has 0 spiro atoms. The third kappa shape index (κ3) is 17.3. The fourth-order valence-corrected chi connectivity index (χ4v) is 9.30. The molecule has 6 atom stereocenters. The van der Waals surface area contributed by atoms with Crippen LogP contribution in [0.3, 0.4) is 0 Å². The highest BCUT2D eigenvalue weighted by atomic mass is 16.4. The van der Waals surface area contributed by atoms with E-state index in [2.05, 4.69) is 31.5 Å². The quantitative estimate of drug-likeness (QED) is 0.0220. The topological polar surface area (TPSA) is 413 Å². The van der Waals surface area contributed by atoms with Crippen LogP contribution in [-0.4, -0.2) is 176 Å². The SMILES string of the molecule is NC(N)=NCCC[C@@H](CC(=O)N(Cc1ccccc1)NC(=O)[C@H]1CCCN1C(=O)[C@H](CO)NC(=O)N(Cc1ccccc1)NC(=O)CNC(=O)[C@H]1CCCN1C(=O)[C@H]1CCCN1C(=O)[C@H](N)CCCN=C(N)N)C(=O)O. The third-order valence-electron chi connectivity index (χ3n) is 13.2. The van der Waals surface area contributed by atoms with Gasteiger partial charge in [0.1, 0.15) is 24.2 Å². The number of aliphatic hydroxyl groups excluding tert-OH is 1. The molecule has 0 radical (unpaired) electrons. The van der Waals surface area contributed by atoms with E-state index in [0.29, 0.717) is 62.6 Å². The van der Waals surface area contributed by atoms with Gasteiger partial charge in [-0.25, -0.2) is 14.8 Å². The molecule has 16 N–H and O–H groups in total. The molecule has 414 valence electrons. The van der Waals surface area contributed by atoms with Crippen molar-refractivity contribution in [1.29, 1.82) is 0 Å². The van der Waals surface area contributed by atoms with Crippen LogP contribution in [0.25, 0.3) is 0 Å². The Morgan fingerprint density at radius 2 is 1.17 bits per heavy atom. The number of hydrazine groups is 2. The molecule has 2 aromatic rings. The summed E-state index contributed by atoms with van der Waals surface area (Å²) in [6, 6.07) is 10.6. The molecule has 0 aromatic heterocycles. The number of rotatable bonds is 24. The number of guanidine groups is 2. The Balaban J connectivity index is 1.21. The number of hydrogen-bond acceptors (Lipinski definition) is 13. The number of carbonyl (C=O) groups excluding carboxylic acids is 8. The minimum Gasteiger partial charge on any atom is -0.481 e. The summed E-state index contributed by atoms with van der Waals surface area (Å²) in [4.78, 5) is 134. The van der Waals surface area contributed by atoms with E-state index in [1.807, 2.05) is 0 Å². The average Bonchev–Trinajstić information content (AvgIpc) is 4.22. The van der Waals surface area contributed by atoms with E-state index in [9.17, 15) is 53.4 Å². The Kier molecular flexibility index (Phi) is 22.5. The highest BCUT2D eigenvalue weighted by Gasteiger charge is 2.43. The van der Waals surface area contributed by atoms with E-state index in [0.717, 1.165) is 14.9 Å². The molecular weight excluding hydrogens is 989 g/mol. The summed E-state index contributed by atoms with van der Waals surface area (Å²) in [6.45, 7) is -0.896. The van der Waals surface area contributed by atoms with E-state index in [4.69, 9.17) is 28.7 Å². The molecule has 9 amide bonds. The lowest BCUT2D eigenvalue weighted by molar-refractivity contribution is -0.151. The molecule has 3 aliphatic heterocycles. The monoisotopic (exact) mass is 1060 g/mol. The zero-order valence-corrected chi connectivity index (χ0v) is 42.5. The Bertz CT molecular complexity index is 2410. The minimum absolute atomic E-state index is 0.0367. The first-order chi connectivity index (χ1) is 36.4. The van der Waals surface area contributed by atoms with Crippen molar-refractivity contribution in [3.63, 3.8) is 0 Å². The van der Waals surface area contributed by atoms with Crippen molar-refractivity contribution >= 4 is 65.3 Å². The fraction of sp³-hybridized carbons (Fsp3) is 0.531. The van der Waals surface area contributed by atoms with Gasteiger partial charge in [0.15, 0.2) is 11.9 Å². The van der Waals surface area contributed by atoms with Gasteiger partial charge in [0.25, 0.3) is 11.8 Å². The molecule has 27 nitrogen and oxygen atoms in total. The van der Waals surface area contributed by atoms with Gasteiger partial charge in [-0.05, 0) is 75.3 Å². The number of nitrogens with one attached hydrogen (secondary N) is 4. The number of carbonyl (C=O) groups is 9. The molecule has 76 heavy (non-hydrogen) atoms. The molecular formula is C49H72N16O11. The van der Waals surface area contributed by atoms with Crippen LogP contribution in [0.4, 0.5) is 4.79 Å². The number of aliphatic carboxylic acids is 1. The van der Waals surface area contributed by atoms with Crippen LogP contribution in [0.2, 0.25) is 0 Å². The number of nitrogens with zero attached hydrogens (tertiary/aromatic N) is 7. The van der Waals surface area contributed by atoms with Crippen LogP contribution in [0.1, 0.15) is 81.8 Å². The third-order valence-corrected chi connectivity index (χ3v) is 13.2. The van der Waals surface area contributed by atoms with Gasteiger partial charge in [-0.15, -0.1) is 0 Å². The van der Waals surface area contributed by atoms with Gasteiger partial charge in [-0.2, -0.15) is 0 Å². The number of carboxylic acid groups (broad SMARTS) is 1. The van der Waals surface area contributed by atoms with Gasteiger partial charge in [0.05, 0.1) is 38.2 Å². The number of amides is 9. The van der Waals surface area contributed by atoms with Crippen molar-refractivity contribution in [2.75, 3.05) is 45.9 Å². The first-order valence-corrected chi connectivity index (χ1v) is 25.3. The molecule has 2 aromatic carbocycles. The van der Waals surface area contributed by atoms with Crippen molar-refractivity contribution in [3.05, 3.63) is 71.8 Å². The van der Waals surface area contributed by atoms with Crippen LogP contribution in [0.15, 0.2) is 70.6 Å². The second-order valence-corrected chi connectivity index (χ2v) is 18.8. The van der Waals surface area contributed by atoms with Gasteiger partial charge < -0.3 is 64.2 Å². The van der Waals surface area contributed by atoms with Gasteiger partial charge in [0.2, 0.25) is 29.5 Å². The van der Waals surface area contributed by atoms with Crippen LogP contribution in [0, 0.1) is 5.92 Å². The Morgan fingerprint density at radius 1 is 0.658 bits per heavy atom. The molecule has 3 fully saturated rings. The maximum absolute atomic E-state index is 14.1. The number of benzene rings is 2. The summed E-state index contributed by atoms with van der Waals surface area (Å²) >= 11 is 0. The lowest BCUT2D eigenvalue weighted by atomic mass is 9.99. The molecule has 3 aliphatic rings. The molecule has 0 saturated carbocycles. The fourth-order valence-electron chi connectivity index (χ4n) is 9.30. The van der Waals surface area contributed by atoms with E-state index in [1.54, 1.807) is 60.7 Å². The van der Waals surface area contributed by atoms with Crippen molar-refractivity contribution < 1.29 is 53.4 Å². The predicted octanol–water partition coefficient (Wildman–Crippen LogP) is -2.74. The second-order valence-electron chi connectivity index (χ2n) is 18.8. The predicted molar refractivity (Wildman–Crippen MR) is 275 cm³/mol. The number of likely N-dealkylation sites (tertiary alicyclic amines) is 3. The van der Waals surface area contributed by atoms with Crippen LogP contribution >= 0.6 is 0 Å². The first-order valence-electron chi connectivity index (χ1n) is 25.3. The maximum atomic E-state index is 14.1. The molecule has 3 saturated heterocycles. The van der Waals surface area contributed by atoms with Gasteiger partial charge in [-0.1, -0.05) is 60.7 Å². The lowest BCUT2D eigenvalue weighted by Gasteiger charge is -2.32. The van der Waals surface area contributed by atoms with Crippen molar-refractivity contribution in [2.45, 2.75) is 114 Å². The maximum Gasteiger partial charge on any atom is 0.337 e. The number of hydrogen-bond donors (Lipinski definition) is 11. The summed E-state index contributed by atoms with van der Waals surface area (Å²) in [5.41, 5.74) is 33.9. The summed E-state index contributed by atoms with van der Waals surface area (Å²) < 4.78 is 0. The molecule has 0 aliphatic carbocycles. The molecule has 0 bridgehead atoms. The Labute approximate surface area is 439 Å². The highest BCUT2D eigenvalue weighted by Crippen LogP contribution is 2.26. The number of aliphatic imine (C=N–C) groups is 2. The summed E-state index contributed by atoms with van der Waals surface area (Å²) in [5.74, 6) is -7.22. The number of carboxylic acids is 1. The van der Waals surface area contributed by atoms with Crippen LogP contribution in [-0.2, 0) is 51.4 Å². The van der Waals surface area contributed by atoms with E-state index < -0.39 is 109 Å². The van der Waals surface area contributed by atoms with Crippen molar-refractivity contribution in [3.8, 4) is 0 Å². The van der Waals surface area contributed by atoms with Gasteiger partial charge in [-0.3, -0.25) is 59.2 Å². The number of aliphatic hydroxyl groups is 1. The minimum atomic E-state index is -1.63. The first kappa shape index (κ1) is 58.8. The van der Waals surface area contributed by atoms with Crippen LogP contribution in [0.5, 0.6) is 0 Å². The normalized spacial score (nSPS) is 18.1. The Hall–Kier alpha value is -8.07. The molecule has 27 heteroatoms. The zero-order valence-electron chi connectivity index (χ0n) is 42.5. The molecule has 3 heterocycles. The van der Waals surface area contributed by atoms with E-state index in [-0.39, 0.29) is 70.5 Å². The smallest absolute Gasteiger partial charge is 0.337 e. The summed E-state index contributed by atoms with van der Waals surface area (Å²) in [6.07, 6.45) is 2.81. The molecule has 0 unspecified atom stereocenters. The second kappa shape index (κ2) is 29.1. The van der Waals surface area contributed by atoms with E-state index in [1.165, 1.54) is 9.80 Å². The van der Waals surface area contributed by atoms with Crippen molar-refractivity contribution in [1.82, 2.24) is 46.2 Å². The summed E-state index contributed by atoms with van der Waals surface area (Å²) in [5, 5.41) is 27.3.